The molecule has 2 aromatic carbocycles. The van der Waals surface area contributed by atoms with E-state index in [1.807, 2.05) is 23.5 Å². The zero-order valence-corrected chi connectivity index (χ0v) is 21.2. The lowest BCUT2D eigenvalue weighted by Crippen LogP contribution is -3.08. The highest BCUT2D eigenvalue weighted by molar-refractivity contribution is 8.03. The van der Waals surface area contributed by atoms with E-state index in [1.54, 1.807) is 4.90 Å². The number of nitrogens with zero attached hydrogens (tertiary/aromatic N) is 1. The van der Waals surface area contributed by atoms with Gasteiger partial charge in [0.15, 0.2) is 5.37 Å². The molecule has 0 spiro atoms. The molecule has 2 atom stereocenters. The molecule has 166 valence electrons. The summed E-state index contributed by atoms with van der Waals surface area (Å²) in [7, 11) is 0. The molecule has 0 bridgehead atoms. The predicted octanol–water partition coefficient (Wildman–Crippen LogP) is 6.80. The Labute approximate surface area is 201 Å². The largest absolute Gasteiger partial charge is 0.335 e. The van der Waals surface area contributed by atoms with Gasteiger partial charge in [0, 0.05) is 17.5 Å². The Morgan fingerprint density at radius 1 is 1.03 bits per heavy atom. The molecule has 3 aliphatic rings. The molecule has 32 heavy (non-hydrogen) atoms. The molecule has 0 fully saturated rings. The SMILES string of the molecule is CCN1/C(=C/C2=CC(=C/C3Sc4ccccc4[NH+]3CC)/CC(C)(C)C2)Sc2ccccc21. The first-order valence-corrected chi connectivity index (χ1v) is 13.5. The molecule has 2 heterocycles. The van der Waals surface area contributed by atoms with E-state index < -0.39 is 0 Å². The van der Waals surface area contributed by atoms with E-state index in [0.717, 1.165) is 25.9 Å². The van der Waals surface area contributed by atoms with Gasteiger partial charge in [0.05, 0.1) is 22.2 Å². The number of rotatable bonds is 4. The summed E-state index contributed by atoms with van der Waals surface area (Å²) in [6.07, 6.45) is 9.76. The second-order valence-corrected chi connectivity index (χ2v) is 11.9. The molecule has 5 rings (SSSR count). The van der Waals surface area contributed by atoms with Gasteiger partial charge in [-0.1, -0.05) is 67.7 Å². The maximum atomic E-state index is 2.55. The second-order valence-electron chi connectivity index (χ2n) is 9.69. The van der Waals surface area contributed by atoms with E-state index in [0.29, 0.717) is 5.37 Å². The summed E-state index contributed by atoms with van der Waals surface area (Å²) in [6.45, 7) is 11.5. The van der Waals surface area contributed by atoms with Gasteiger partial charge in [-0.15, -0.1) is 0 Å². The Hall–Kier alpha value is -1.88. The first-order valence-electron chi connectivity index (χ1n) is 11.8. The van der Waals surface area contributed by atoms with Crippen LogP contribution in [0.5, 0.6) is 0 Å². The number of hydrogen-bond donors (Lipinski definition) is 1. The summed E-state index contributed by atoms with van der Waals surface area (Å²) in [5.74, 6) is 0. The zero-order chi connectivity index (χ0) is 22.3. The number of nitrogens with one attached hydrogen (secondary N) is 1. The number of thioether (sulfide) groups is 2. The molecule has 1 aliphatic carbocycles. The topological polar surface area (TPSA) is 7.68 Å². The number of fused-ring (bicyclic) bond motifs is 2. The Bertz CT molecular complexity index is 1110. The van der Waals surface area contributed by atoms with Crippen molar-refractivity contribution in [1.82, 2.24) is 0 Å². The third-order valence-electron chi connectivity index (χ3n) is 6.57. The smallest absolute Gasteiger partial charge is 0.163 e. The predicted molar refractivity (Wildman–Crippen MR) is 140 cm³/mol. The minimum Gasteiger partial charge on any atom is -0.335 e. The number of para-hydroxylation sites is 2. The standard InChI is InChI=1S/C28H32N2S2/c1-5-29-22-11-7-9-13-24(22)31-26(29)16-20-15-21(19-28(3,4)18-20)17-27-30(6-2)23-12-8-10-14-25(23)32-27/h7-17,26H,5-6,18-19H2,1-4H3/p+1/b20-16-,27-17-. The summed E-state index contributed by atoms with van der Waals surface area (Å²) < 4.78 is 0. The highest BCUT2D eigenvalue weighted by Crippen LogP contribution is 2.47. The van der Waals surface area contributed by atoms with Crippen LogP contribution in [0.15, 0.2) is 92.7 Å². The van der Waals surface area contributed by atoms with Crippen molar-refractivity contribution in [3.05, 3.63) is 82.9 Å². The highest BCUT2D eigenvalue weighted by atomic mass is 32.2. The first-order chi connectivity index (χ1) is 15.5. The number of hydrogen-bond acceptors (Lipinski definition) is 3. The molecule has 0 amide bonds. The lowest BCUT2D eigenvalue weighted by molar-refractivity contribution is -0.833. The average molecular weight is 462 g/mol. The Balaban J connectivity index is 1.46. The number of anilines is 1. The van der Waals surface area contributed by atoms with E-state index >= 15 is 0 Å². The van der Waals surface area contributed by atoms with Crippen LogP contribution in [0.1, 0.15) is 40.5 Å². The van der Waals surface area contributed by atoms with Gasteiger partial charge >= 0.3 is 0 Å². The summed E-state index contributed by atoms with van der Waals surface area (Å²) in [6, 6.07) is 17.7. The second kappa shape index (κ2) is 8.81. The van der Waals surface area contributed by atoms with Crippen LogP contribution in [0.4, 0.5) is 11.4 Å². The molecule has 2 aliphatic heterocycles. The molecular weight excluding hydrogens is 428 g/mol. The van der Waals surface area contributed by atoms with Gasteiger partial charge in [-0.25, -0.2) is 0 Å². The van der Waals surface area contributed by atoms with Crippen LogP contribution in [0.2, 0.25) is 0 Å². The van der Waals surface area contributed by atoms with Gasteiger partial charge in [0.25, 0.3) is 0 Å². The van der Waals surface area contributed by atoms with Crippen molar-refractivity contribution in [3.63, 3.8) is 0 Å². The lowest BCUT2D eigenvalue weighted by Gasteiger charge is -2.31. The lowest BCUT2D eigenvalue weighted by atomic mass is 9.75. The van der Waals surface area contributed by atoms with Crippen LogP contribution >= 0.6 is 23.5 Å². The van der Waals surface area contributed by atoms with Gasteiger partial charge in [-0.2, -0.15) is 0 Å². The fourth-order valence-electron chi connectivity index (χ4n) is 5.27. The summed E-state index contributed by atoms with van der Waals surface area (Å²) in [5, 5.41) is 1.82. The van der Waals surface area contributed by atoms with Gasteiger partial charge in [0.1, 0.15) is 5.69 Å². The highest BCUT2D eigenvalue weighted by Gasteiger charge is 2.34. The van der Waals surface area contributed by atoms with E-state index in [-0.39, 0.29) is 5.41 Å². The van der Waals surface area contributed by atoms with Crippen LogP contribution in [0.25, 0.3) is 0 Å². The molecule has 2 nitrogen and oxygen atoms in total. The van der Waals surface area contributed by atoms with Gasteiger partial charge in [-0.05, 0) is 73.6 Å². The molecule has 1 N–H and O–H groups in total. The molecule has 2 aromatic rings. The van der Waals surface area contributed by atoms with Crippen molar-refractivity contribution < 1.29 is 4.90 Å². The molecule has 0 saturated heterocycles. The zero-order valence-electron chi connectivity index (χ0n) is 19.5. The Kier molecular flexibility index (Phi) is 6.04. The fraction of sp³-hybridized carbons (Fsp3) is 0.357. The summed E-state index contributed by atoms with van der Waals surface area (Å²) >= 11 is 3.93. The Morgan fingerprint density at radius 2 is 1.78 bits per heavy atom. The first kappa shape index (κ1) is 21.9. The van der Waals surface area contributed by atoms with E-state index in [2.05, 4.69) is 99.4 Å². The van der Waals surface area contributed by atoms with Crippen molar-refractivity contribution in [3.8, 4) is 0 Å². The molecule has 0 aromatic heterocycles. The number of quaternary nitrogens is 1. The van der Waals surface area contributed by atoms with Crippen molar-refractivity contribution in [2.75, 3.05) is 18.0 Å². The third-order valence-corrected chi connectivity index (χ3v) is 8.97. The van der Waals surface area contributed by atoms with E-state index in [1.165, 1.54) is 37.3 Å². The van der Waals surface area contributed by atoms with Crippen molar-refractivity contribution in [2.45, 2.75) is 55.7 Å². The maximum absolute atomic E-state index is 2.55. The van der Waals surface area contributed by atoms with Gasteiger partial charge < -0.3 is 4.90 Å². The average Bonchev–Trinajstić information content (AvgIpc) is 3.28. The molecule has 2 unspecified atom stereocenters. The Morgan fingerprint density at radius 3 is 2.56 bits per heavy atom. The fourth-order valence-corrected chi connectivity index (χ4v) is 7.91. The molecule has 0 radical (unpaired) electrons. The minimum absolute atomic E-state index is 0.280. The van der Waals surface area contributed by atoms with E-state index in [4.69, 9.17) is 0 Å². The maximum Gasteiger partial charge on any atom is 0.163 e. The van der Waals surface area contributed by atoms with Crippen molar-refractivity contribution in [2.24, 2.45) is 5.41 Å². The van der Waals surface area contributed by atoms with Crippen LogP contribution in [-0.2, 0) is 0 Å². The molecular formula is C28H33N2S2+. The van der Waals surface area contributed by atoms with Crippen LogP contribution in [0, 0.1) is 5.41 Å². The van der Waals surface area contributed by atoms with Crippen LogP contribution in [-0.4, -0.2) is 18.5 Å². The molecule has 4 heteroatoms. The number of likely N-dealkylation sites (N-methyl/N-ethyl adjacent to an activating group) is 1. The minimum atomic E-state index is 0.280. The summed E-state index contributed by atoms with van der Waals surface area (Å²) in [5.41, 5.74) is 6.04. The third kappa shape index (κ3) is 4.21. The monoisotopic (exact) mass is 461 g/mol. The van der Waals surface area contributed by atoms with Crippen LogP contribution in [0.3, 0.4) is 0 Å². The number of benzene rings is 2. The van der Waals surface area contributed by atoms with Crippen molar-refractivity contribution >= 4 is 34.9 Å². The van der Waals surface area contributed by atoms with E-state index in [9.17, 15) is 0 Å². The summed E-state index contributed by atoms with van der Waals surface area (Å²) in [4.78, 5) is 6.84. The normalized spacial score (nSPS) is 26.4. The van der Waals surface area contributed by atoms with Gasteiger partial charge in [-0.3, -0.25) is 4.90 Å². The quantitative estimate of drug-likeness (QED) is 0.536. The number of allylic oxidation sites excluding steroid dienone is 4. The molecule has 0 saturated carbocycles. The van der Waals surface area contributed by atoms with Gasteiger partial charge in [0.2, 0.25) is 0 Å². The van der Waals surface area contributed by atoms with Crippen LogP contribution < -0.4 is 9.80 Å². The van der Waals surface area contributed by atoms with Crippen molar-refractivity contribution in [1.29, 1.82) is 0 Å².